The number of aryl methyl sites for hydroxylation is 1. The standard InChI is InChI=1S/C38H39N3O4/c1-38(2,3)33-22-15-29(16-23-33)25-45-34-7-5-4-6-30(34)17-12-27(9-8-26-10-20-32(21-11-26)36(42)43)24-28-13-18-31(19-14-28)35-39-37(44)41-40-35/h4-7,10-23,27H,8-9,24-25H2,1-3H3,(H,42,43)(H2,39,40,41,44)/b17-12+. The van der Waals surface area contributed by atoms with E-state index in [0.717, 1.165) is 52.8 Å². The molecule has 0 spiro atoms. The molecule has 1 unspecified atom stereocenters. The summed E-state index contributed by atoms with van der Waals surface area (Å²) in [6.45, 7) is 7.12. The third-order valence-corrected chi connectivity index (χ3v) is 7.91. The molecule has 0 saturated heterocycles. The van der Waals surface area contributed by atoms with Crippen LogP contribution >= 0.6 is 0 Å². The molecule has 0 bridgehead atoms. The summed E-state index contributed by atoms with van der Waals surface area (Å²) < 4.78 is 6.28. The second-order valence-corrected chi connectivity index (χ2v) is 12.4. The fraction of sp³-hybridized carbons (Fsp3) is 0.237. The molecule has 0 fully saturated rings. The first-order valence-corrected chi connectivity index (χ1v) is 15.2. The summed E-state index contributed by atoms with van der Waals surface area (Å²) in [5, 5.41) is 15.7. The molecule has 1 atom stereocenters. The van der Waals surface area contributed by atoms with Gasteiger partial charge in [-0.15, -0.1) is 0 Å². The first-order chi connectivity index (χ1) is 21.6. The maximum Gasteiger partial charge on any atom is 0.340 e. The van der Waals surface area contributed by atoms with Gasteiger partial charge in [0.25, 0.3) is 0 Å². The molecule has 0 radical (unpaired) electrons. The van der Waals surface area contributed by atoms with E-state index in [1.165, 1.54) is 5.56 Å². The third kappa shape index (κ3) is 8.70. The van der Waals surface area contributed by atoms with E-state index in [2.05, 4.69) is 90.6 Å². The number of H-pyrrole nitrogens is 2. The van der Waals surface area contributed by atoms with Crippen LogP contribution in [0.1, 0.15) is 65.4 Å². The van der Waals surface area contributed by atoms with Gasteiger partial charge >= 0.3 is 11.7 Å². The molecule has 4 aromatic carbocycles. The van der Waals surface area contributed by atoms with Gasteiger partial charge in [-0.1, -0.05) is 112 Å². The van der Waals surface area contributed by atoms with Crippen molar-refractivity contribution in [3.05, 3.63) is 147 Å². The number of carboxylic acid groups (broad SMARTS) is 1. The van der Waals surface area contributed by atoms with Crippen molar-refractivity contribution in [3.8, 4) is 17.1 Å². The third-order valence-electron chi connectivity index (χ3n) is 7.91. The molecule has 7 heteroatoms. The molecule has 0 saturated carbocycles. The summed E-state index contributed by atoms with van der Waals surface area (Å²) in [6.07, 6.45) is 6.87. The van der Waals surface area contributed by atoms with Gasteiger partial charge in [-0.25, -0.2) is 14.7 Å². The zero-order valence-corrected chi connectivity index (χ0v) is 25.9. The van der Waals surface area contributed by atoms with E-state index >= 15 is 0 Å². The van der Waals surface area contributed by atoms with E-state index in [9.17, 15) is 14.7 Å². The number of aromatic amines is 2. The molecule has 0 aliphatic carbocycles. The second kappa shape index (κ2) is 14.1. The maximum atomic E-state index is 11.5. The van der Waals surface area contributed by atoms with Crippen LogP contribution in [0.3, 0.4) is 0 Å². The van der Waals surface area contributed by atoms with Crippen LogP contribution in [0.15, 0.2) is 108 Å². The van der Waals surface area contributed by atoms with Crippen LogP contribution in [0.2, 0.25) is 0 Å². The molecule has 0 amide bonds. The van der Waals surface area contributed by atoms with Crippen LogP contribution in [-0.4, -0.2) is 26.3 Å². The van der Waals surface area contributed by atoms with Gasteiger partial charge in [-0.05, 0) is 71.0 Å². The summed E-state index contributed by atoms with van der Waals surface area (Å²) in [7, 11) is 0. The van der Waals surface area contributed by atoms with Gasteiger partial charge in [0, 0.05) is 11.1 Å². The van der Waals surface area contributed by atoms with Crippen molar-refractivity contribution < 1.29 is 14.6 Å². The number of benzene rings is 4. The topological polar surface area (TPSA) is 108 Å². The quantitative estimate of drug-likeness (QED) is 0.135. The van der Waals surface area contributed by atoms with E-state index < -0.39 is 5.97 Å². The molecule has 230 valence electrons. The molecule has 0 aliphatic heterocycles. The Balaban J connectivity index is 1.31. The number of nitrogens with one attached hydrogen (secondary N) is 2. The van der Waals surface area contributed by atoms with Crippen LogP contribution < -0.4 is 10.4 Å². The van der Waals surface area contributed by atoms with Crippen LogP contribution in [0.25, 0.3) is 17.5 Å². The predicted molar refractivity (Wildman–Crippen MR) is 179 cm³/mol. The Labute approximate surface area is 263 Å². The van der Waals surface area contributed by atoms with Gasteiger partial charge in [-0.2, -0.15) is 5.10 Å². The molecule has 7 nitrogen and oxygen atoms in total. The van der Waals surface area contributed by atoms with Crippen molar-refractivity contribution in [2.45, 2.75) is 52.1 Å². The molecule has 45 heavy (non-hydrogen) atoms. The van der Waals surface area contributed by atoms with E-state index in [1.807, 2.05) is 42.5 Å². The molecular weight excluding hydrogens is 562 g/mol. The van der Waals surface area contributed by atoms with Crippen LogP contribution in [0.5, 0.6) is 5.75 Å². The molecule has 1 heterocycles. The minimum Gasteiger partial charge on any atom is -0.488 e. The van der Waals surface area contributed by atoms with Gasteiger partial charge in [0.05, 0.1) is 5.56 Å². The van der Waals surface area contributed by atoms with E-state index in [1.54, 1.807) is 12.1 Å². The van der Waals surface area contributed by atoms with Crippen molar-refractivity contribution in [1.82, 2.24) is 15.2 Å². The lowest BCUT2D eigenvalue weighted by molar-refractivity contribution is 0.0697. The minimum absolute atomic E-state index is 0.108. The molecular formula is C38H39N3O4. The zero-order chi connectivity index (χ0) is 31.8. The van der Waals surface area contributed by atoms with Gasteiger partial charge in [-0.3, -0.25) is 4.98 Å². The van der Waals surface area contributed by atoms with Gasteiger partial charge in [0.2, 0.25) is 0 Å². The monoisotopic (exact) mass is 601 g/mol. The van der Waals surface area contributed by atoms with Crippen molar-refractivity contribution in [2.75, 3.05) is 0 Å². The number of hydrogen-bond acceptors (Lipinski definition) is 4. The number of aromatic nitrogens is 3. The van der Waals surface area contributed by atoms with Crippen molar-refractivity contribution in [1.29, 1.82) is 0 Å². The second-order valence-electron chi connectivity index (χ2n) is 12.4. The number of carbonyl (C=O) groups is 1. The van der Waals surface area contributed by atoms with Crippen molar-refractivity contribution in [3.63, 3.8) is 0 Å². The Morgan fingerprint density at radius 1 is 0.889 bits per heavy atom. The van der Waals surface area contributed by atoms with Crippen LogP contribution in [0, 0.1) is 5.92 Å². The zero-order valence-electron chi connectivity index (χ0n) is 25.9. The number of allylic oxidation sites excluding steroid dienone is 1. The van der Waals surface area contributed by atoms with E-state index in [0.29, 0.717) is 12.4 Å². The summed E-state index contributed by atoms with van der Waals surface area (Å²) in [4.78, 5) is 25.4. The highest BCUT2D eigenvalue weighted by atomic mass is 16.5. The van der Waals surface area contributed by atoms with Crippen LogP contribution in [-0.2, 0) is 24.9 Å². The Kier molecular flexibility index (Phi) is 9.78. The Bertz CT molecular complexity index is 1790. The van der Waals surface area contributed by atoms with E-state index in [-0.39, 0.29) is 22.6 Å². The maximum absolute atomic E-state index is 11.5. The lowest BCUT2D eigenvalue weighted by Crippen LogP contribution is -2.10. The van der Waals surface area contributed by atoms with Crippen LogP contribution in [0.4, 0.5) is 0 Å². The number of ether oxygens (including phenoxy) is 1. The molecule has 5 rings (SSSR count). The largest absolute Gasteiger partial charge is 0.488 e. The summed E-state index contributed by atoms with van der Waals surface area (Å²) in [6, 6.07) is 31.8. The summed E-state index contributed by atoms with van der Waals surface area (Å²) in [5.41, 5.74) is 6.58. The Hall–Kier alpha value is -5.17. The highest BCUT2D eigenvalue weighted by Crippen LogP contribution is 2.26. The first-order valence-electron chi connectivity index (χ1n) is 15.2. The molecule has 0 aliphatic rings. The number of aromatic carboxylic acids is 1. The SMILES string of the molecule is CC(C)(C)c1ccc(COc2ccccc2/C=C/C(CCc2ccc(C(=O)O)cc2)Cc2ccc(-c3n[nH]c(=O)[nH]3)cc2)cc1. The highest BCUT2D eigenvalue weighted by molar-refractivity contribution is 5.87. The van der Waals surface area contributed by atoms with E-state index in [4.69, 9.17) is 4.74 Å². The normalized spacial score (nSPS) is 12.3. The van der Waals surface area contributed by atoms with Gasteiger partial charge in [0.15, 0.2) is 5.82 Å². The lowest BCUT2D eigenvalue weighted by Gasteiger charge is -2.19. The molecule has 1 aromatic heterocycles. The number of nitrogens with zero attached hydrogens (tertiary/aromatic N) is 1. The summed E-state index contributed by atoms with van der Waals surface area (Å²) in [5.74, 6) is 0.620. The Morgan fingerprint density at radius 2 is 1.56 bits per heavy atom. The number of carboxylic acids is 1. The summed E-state index contributed by atoms with van der Waals surface area (Å²) >= 11 is 0. The number of rotatable bonds is 12. The van der Waals surface area contributed by atoms with Gasteiger partial charge < -0.3 is 9.84 Å². The lowest BCUT2D eigenvalue weighted by atomic mass is 9.87. The smallest absolute Gasteiger partial charge is 0.340 e. The predicted octanol–water partition coefficient (Wildman–Crippen LogP) is 7.84. The average molecular weight is 602 g/mol. The number of hydrogen-bond donors (Lipinski definition) is 3. The van der Waals surface area contributed by atoms with Crippen molar-refractivity contribution >= 4 is 12.0 Å². The van der Waals surface area contributed by atoms with Crippen molar-refractivity contribution in [2.24, 2.45) is 5.92 Å². The van der Waals surface area contributed by atoms with Gasteiger partial charge in [0.1, 0.15) is 12.4 Å². The average Bonchev–Trinajstić information content (AvgIpc) is 3.48. The molecule has 3 N–H and O–H groups in total. The highest BCUT2D eigenvalue weighted by Gasteiger charge is 2.14. The Morgan fingerprint density at radius 3 is 2.20 bits per heavy atom. The number of para-hydroxylation sites is 1. The fourth-order valence-corrected chi connectivity index (χ4v) is 5.19. The first kappa shape index (κ1) is 31.3. The molecule has 5 aromatic rings. The minimum atomic E-state index is -0.924. The fourth-order valence-electron chi connectivity index (χ4n) is 5.19.